The maximum absolute atomic E-state index is 13.3. The van der Waals surface area contributed by atoms with Gasteiger partial charge in [-0.05, 0) is 25.1 Å². The molecular weight excluding hydrogens is 257 g/mol. The Balaban J connectivity index is 2.24. The number of ether oxygens (including phenoxy) is 1. The minimum Gasteiger partial charge on any atom is -0.437 e. The minimum absolute atomic E-state index is 0.297. The lowest BCUT2D eigenvalue weighted by atomic mass is 10.2. The second-order valence-corrected chi connectivity index (χ2v) is 4.84. The average molecular weight is 275 g/mol. The summed E-state index contributed by atoms with van der Waals surface area (Å²) in [5.74, 6) is 0.647. The number of pyridine rings is 2. The predicted molar refractivity (Wildman–Crippen MR) is 75.2 cm³/mol. The molecule has 0 aliphatic heterocycles. The van der Waals surface area contributed by atoms with Crippen LogP contribution in [-0.4, -0.2) is 16.0 Å². The molecule has 0 amide bonds. The van der Waals surface area contributed by atoms with Gasteiger partial charge < -0.3 is 10.1 Å². The highest BCUT2D eigenvalue weighted by Crippen LogP contribution is 2.25. The van der Waals surface area contributed by atoms with E-state index < -0.39 is 0 Å². The molecule has 0 atom stereocenters. The van der Waals surface area contributed by atoms with Crippen LogP contribution in [0.15, 0.2) is 30.6 Å². The molecule has 1 N–H and O–H groups in total. The normalized spacial score (nSPS) is 10.8. The van der Waals surface area contributed by atoms with Gasteiger partial charge in [0.1, 0.15) is 5.82 Å². The van der Waals surface area contributed by atoms with Gasteiger partial charge in [0.2, 0.25) is 5.88 Å². The van der Waals surface area contributed by atoms with Crippen LogP contribution < -0.4 is 10.1 Å². The van der Waals surface area contributed by atoms with Gasteiger partial charge in [-0.3, -0.25) is 4.98 Å². The summed E-state index contributed by atoms with van der Waals surface area (Å²) in [5.41, 5.74) is 1.45. The van der Waals surface area contributed by atoms with Crippen molar-refractivity contribution in [2.45, 2.75) is 33.4 Å². The SMILES string of the molecule is Cc1ncccc1Oc1ncc(F)cc1CNC(C)C. The van der Waals surface area contributed by atoms with Gasteiger partial charge in [-0.15, -0.1) is 0 Å². The fraction of sp³-hybridized carbons (Fsp3) is 0.333. The smallest absolute Gasteiger partial charge is 0.224 e. The van der Waals surface area contributed by atoms with Crippen LogP contribution in [0.5, 0.6) is 11.6 Å². The van der Waals surface area contributed by atoms with Crippen molar-refractivity contribution in [2.24, 2.45) is 0 Å². The predicted octanol–water partition coefficient (Wildman–Crippen LogP) is 3.21. The fourth-order valence-corrected chi connectivity index (χ4v) is 1.68. The van der Waals surface area contributed by atoms with Crippen LogP contribution in [0.25, 0.3) is 0 Å². The van der Waals surface area contributed by atoms with Crippen molar-refractivity contribution >= 4 is 0 Å². The van der Waals surface area contributed by atoms with E-state index in [9.17, 15) is 4.39 Å². The fourth-order valence-electron chi connectivity index (χ4n) is 1.68. The average Bonchev–Trinajstić information content (AvgIpc) is 2.41. The Labute approximate surface area is 118 Å². The second kappa shape index (κ2) is 6.43. The van der Waals surface area contributed by atoms with E-state index in [0.717, 1.165) is 11.9 Å². The Morgan fingerprint density at radius 3 is 2.85 bits per heavy atom. The van der Waals surface area contributed by atoms with Gasteiger partial charge >= 0.3 is 0 Å². The Bertz CT molecular complexity index is 587. The lowest BCUT2D eigenvalue weighted by molar-refractivity contribution is 0.440. The maximum Gasteiger partial charge on any atom is 0.224 e. The van der Waals surface area contributed by atoms with Crippen LogP contribution in [0.4, 0.5) is 4.39 Å². The molecule has 0 fully saturated rings. The van der Waals surface area contributed by atoms with Crippen LogP contribution in [0.3, 0.4) is 0 Å². The number of aromatic nitrogens is 2. The number of hydrogen-bond acceptors (Lipinski definition) is 4. The van der Waals surface area contributed by atoms with Crippen molar-refractivity contribution in [3.63, 3.8) is 0 Å². The summed E-state index contributed by atoms with van der Waals surface area (Å²) in [6.07, 6.45) is 2.85. The Morgan fingerprint density at radius 2 is 2.15 bits per heavy atom. The van der Waals surface area contributed by atoms with Crippen LogP contribution in [0, 0.1) is 12.7 Å². The first-order valence-electron chi connectivity index (χ1n) is 6.53. The first-order valence-corrected chi connectivity index (χ1v) is 6.53. The molecule has 0 aliphatic rings. The summed E-state index contributed by atoms with van der Waals surface area (Å²) in [4.78, 5) is 8.18. The minimum atomic E-state index is -0.374. The third-order valence-corrected chi connectivity index (χ3v) is 2.76. The molecule has 2 aromatic heterocycles. The van der Waals surface area contributed by atoms with Crippen molar-refractivity contribution < 1.29 is 9.13 Å². The van der Waals surface area contributed by atoms with Crippen molar-refractivity contribution in [2.75, 3.05) is 0 Å². The molecule has 0 aromatic carbocycles. The van der Waals surface area contributed by atoms with Gasteiger partial charge in [0.25, 0.3) is 0 Å². The zero-order valence-corrected chi connectivity index (χ0v) is 11.9. The summed E-state index contributed by atoms with van der Waals surface area (Å²) < 4.78 is 19.1. The topological polar surface area (TPSA) is 47.0 Å². The second-order valence-electron chi connectivity index (χ2n) is 4.84. The van der Waals surface area contributed by atoms with E-state index in [1.165, 1.54) is 6.07 Å². The Morgan fingerprint density at radius 1 is 1.35 bits per heavy atom. The summed E-state index contributed by atoms with van der Waals surface area (Å²) >= 11 is 0. The van der Waals surface area contributed by atoms with E-state index in [-0.39, 0.29) is 5.82 Å². The molecule has 0 spiro atoms. The lowest BCUT2D eigenvalue weighted by Gasteiger charge is -2.13. The standard InChI is InChI=1S/C15H18FN3O/c1-10(2)18-8-12-7-13(16)9-19-15(12)20-14-5-4-6-17-11(14)3/h4-7,9-10,18H,8H2,1-3H3. The molecule has 4 nitrogen and oxygen atoms in total. The van der Waals surface area contributed by atoms with Gasteiger partial charge in [0.05, 0.1) is 11.9 Å². The molecule has 106 valence electrons. The zero-order chi connectivity index (χ0) is 14.5. The quantitative estimate of drug-likeness (QED) is 0.910. The van der Waals surface area contributed by atoms with Gasteiger partial charge in [-0.2, -0.15) is 0 Å². The first-order chi connectivity index (χ1) is 9.56. The number of aryl methyl sites for hydroxylation is 1. The Kier molecular flexibility index (Phi) is 4.63. The highest BCUT2D eigenvalue weighted by molar-refractivity contribution is 5.34. The first kappa shape index (κ1) is 14.4. The molecule has 20 heavy (non-hydrogen) atoms. The lowest BCUT2D eigenvalue weighted by Crippen LogP contribution is -2.22. The van der Waals surface area contributed by atoms with Gasteiger partial charge in [0.15, 0.2) is 5.75 Å². The molecule has 2 aromatic rings. The summed E-state index contributed by atoms with van der Waals surface area (Å²) in [7, 11) is 0. The monoisotopic (exact) mass is 275 g/mol. The van der Waals surface area contributed by atoms with Crippen molar-refractivity contribution in [1.82, 2.24) is 15.3 Å². The van der Waals surface area contributed by atoms with E-state index in [4.69, 9.17) is 4.74 Å². The van der Waals surface area contributed by atoms with Gasteiger partial charge in [-0.25, -0.2) is 9.37 Å². The molecule has 0 radical (unpaired) electrons. The Hall–Kier alpha value is -2.01. The maximum atomic E-state index is 13.3. The number of nitrogens with zero attached hydrogens (tertiary/aromatic N) is 2. The van der Waals surface area contributed by atoms with Crippen LogP contribution in [-0.2, 0) is 6.54 Å². The zero-order valence-electron chi connectivity index (χ0n) is 11.9. The molecule has 0 saturated carbocycles. The molecule has 0 saturated heterocycles. The molecule has 0 bridgehead atoms. The van der Waals surface area contributed by atoms with Gasteiger partial charge in [-0.1, -0.05) is 13.8 Å². The van der Waals surface area contributed by atoms with E-state index >= 15 is 0 Å². The highest BCUT2D eigenvalue weighted by Gasteiger charge is 2.10. The molecule has 2 rings (SSSR count). The number of halogens is 1. The summed E-state index contributed by atoms with van der Waals surface area (Å²) in [6.45, 7) is 6.40. The number of hydrogen-bond donors (Lipinski definition) is 1. The molecule has 5 heteroatoms. The third-order valence-electron chi connectivity index (χ3n) is 2.76. The van der Waals surface area contributed by atoms with E-state index in [1.807, 2.05) is 26.8 Å². The van der Waals surface area contributed by atoms with Crippen molar-refractivity contribution in [3.05, 3.63) is 47.7 Å². The largest absolute Gasteiger partial charge is 0.437 e. The number of nitrogens with one attached hydrogen (secondary N) is 1. The molecule has 0 aliphatic carbocycles. The van der Waals surface area contributed by atoms with E-state index in [2.05, 4.69) is 15.3 Å². The van der Waals surface area contributed by atoms with Crippen molar-refractivity contribution in [3.8, 4) is 11.6 Å². The molecular formula is C15H18FN3O. The molecule has 0 unspecified atom stereocenters. The van der Waals surface area contributed by atoms with Crippen LogP contribution >= 0.6 is 0 Å². The van der Waals surface area contributed by atoms with Crippen LogP contribution in [0.1, 0.15) is 25.1 Å². The summed E-state index contributed by atoms with van der Waals surface area (Å²) in [5, 5.41) is 3.23. The van der Waals surface area contributed by atoms with E-state index in [0.29, 0.717) is 29.8 Å². The third kappa shape index (κ3) is 3.74. The van der Waals surface area contributed by atoms with Crippen LogP contribution in [0.2, 0.25) is 0 Å². The molecule has 2 heterocycles. The van der Waals surface area contributed by atoms with Crippen molar-refractivity contribution in [1.29, 1.82) is 0 Å². The number of rotatable bonds is 5. The highest BCUT2D eigenvalue weighted by atomic mass is 19.1. The van der Waals surface area contributed by atoms with E-state index in [1.54, 1.807) is 12.3 Å². The summed E-state index contributed by atoms with van der Waals surface area (Å²) in [6, 6.07) is 5.33. The van der Waals surface area contributed by atoms with Gasteiger partial charge in [0, 0.05) is 24.3 Å².